The van der Waals surface area contributed by atoms with Gasteiger partial charge in [0.05, 0.1) is 22.1 Å². The van der Waals surface area contributed by atoms with E-state index in [1.165, 1.54) is 11.0 Å². The van der Waals surface area contributed by atoms with Gasteiger partial charge in [0.25, 0.3) is 5.91 Å². The van der Waals surface area contributed by atoms with Gasteiger partial charge in [0.15, 0.2) is 0 Å². The van der Waals surface area contributed by atoms with Crippen LogP contribution in [-0.2, 0) is 11.0 Å². The Labute approximate surface area is 195 Å². The molecule has 2 aliphatic heterocycles. The SMILES string of the molecule is CN1CCN(C(=O)C2CN(C(=O)c3ccccc3Cl)CC2c2cccc(C(F)(F)F)c2)CC1. The third-order valence-electron chi connectivity index (χ3n) is 6.49. The van der Waals surface area contributed by atoms with E-state index in [0.29, 0.717) is 29.2 Å². The van der Waals surface area contributed by atoms with E-state index in [4.69, 9.17) is 11.6 Å². The lowest BCUT2D eigenvalue weighted by molar-refractivity contribution is -0.137. The van der Waals surface area contributed by atoms with Gasteiger partial charge >= 0.3 is 6.18 Å². The van der Waals surface area contributed by atoms with Crippen LogP contribution in [-0.4, -0.2) is 72.8 Å². The fraction of sp³-hybridized carbons (Fsp3) is 0.417. The minimum atomic E-state index is -4.49. The molecule has 5 nitrogen and oxygen atoms in total. The summed E-state index contributed by atoms with van der Waals surface area (Å²) in [6, 6.07) is 11.7. The lowest BCUT2D eigenvalue weighted by atomic mass is 9.87. The van der Waals surface area contributed by atoms with Crippen molar-refractivity contribution in [1.82, 2.24) is 14.7 Å². The molecule has 9 heteroatoms. The molecule has 4 rings (SSSR count). The standard InChI is InChI=1S/C24H25ClF3N3O2/c1-29-9-11-30(12-10-29)23(33)20-15-31(22(32)18-7-2-3-8-21(18)25)14-19(20)16-5-4-6-17(13-16)24(26,27)28/h2-8,13,19-20H,9-12,14-15H2,1H3. The van der Waals surface area contributed by atoms with Crippen LogP contribution in [0.2, 0.25) is 5.02 Å². The summed E-state index contributed by atoms with van der Waals surface area (Å²) in [7, 11) is 1.98. The zero-order valence-electron chi connectivity index (χ0n) is 18.2. The van der Waals surface area contributed by atoms with Crippen molar-refractivity contribution >= 4 is 23.4 Å². The van der Waals surface area contributed by atoms with E-state index in [1.807, 2.05) is 7.05 Å². The number of nitrogens with zero attached hydrogens (tertiary/aromatic N) is 3. The Morgan fingerprint density at radius 2 is 1.64 bits per heavy atom. The highest BCUT2D eigenvalue weighted by Gasteiger charge is 2.43. The molecule has 2 heterocycles. The summed E-state index contributed by atoms with van der Waals surface area (Å²) >= 11 is 6.20. The van der Waals surface area contributed by atoms with Crippen molar-refractivity contribution in [1.29, 1.82) is 0 Å². The molecular weight excluding hydrogens is 455 g/mol. The van der Waals surface area contributed by atoms with Crippen LogP contribution in [0.3, 0.4) is 0 Å². The van der Waals surface area contributed by atoms with Gasteiger partial charge in [-0.15, -0.1) is 0 Å². The Morgan fingerprint density at radius 3 is 2.30 bits per heavy atom. The molecule has 2 unspecified atom stereocenters. The van der Waals surface area contributed by atoms with Crippen LogP contribution < -0.4 is 0 Å². The second-order valence-electron chi connectivity index (χ2n) is 8.65. The van der Waals surface area contributed by atoms with Crippen LogP contribution in [0.15, 0.2) is 48.5 Å². The molecule has 2 aromatic rings. The van der Waals surface area contributed by atoms with Crippen LogP contribution in [0.25, 0.3) is 0 Å². The fourth-order valence-corrected chi connectivity index (χ4v) is 4.79. The molecule has 0 aromatic heterocycles. The monoisotopic (exact) mass is 479 g/mol. The van der Waals surface area contributed by atoms with Crippen molar-refractivity contribution in [2.24, 2.45) is 5.92 Å². The fourth-order valence-electron chi connectivity index (χ4n) is 4.57. The molecule has 33 heavy (non-hydrogen) atoms. The van der Waals surface area contributed by atoms with Crippen molar-refractivity contribution in [3.8, 4) is 0 Å². The summed E-state index contributed by atoms with van der Waals surface area (Å²) in [4.78, 5) is 32.1. The maximum absolute atomic E-state index is 13.5. The topological polar surface area (TPSA) is 43.9 Å². The average molecular weight is 480 g/mol. The molecule has 0 N–H and O–H groups in total. The number of carbonyl (C=O) groups excluding carboxylic acids is 2. The number of hydrogen-bond acceptors (Lipinski definition) is 3. The van der Waals surface area contributed by atoms with E-state index >= 15 is 0 Å². The van der Waals surface area contributed by atoms with E-state index < -0.39 is 23.6 Å². The summed E-state index contributed by atoms with van der Waals surface area (Å²) < 4.78 is 40.0. The normalized spacial score (nSPS) is 22.0. The van der Waals surface area contributed by atoms with E-state index in [0.717, 1.165) is 25.2 Å². The summed E-state index contributed by atoms with van der Waals surface area (Å²) in [5, 5.41) is 0.298. The van der Waals surface area contributed by atoms with Crippen molar-refractivity contribution in [2.45, 2.75) is 12.1 Å². The van der Waals surface area contributed by atoms with Gasteiger partial charge in [-0.05, 0) is 30.8 Å². The summed E-state index contributed by atoms with van der Waals surface area (Å²) in [6.45, 7) is 2.86. The number of amides is 2. The zero-order chi connectivity index (χ0) is 23.8. The highest BCUT2D eigenvalue weighted by atomic mass is 35.5. The third kappa shape index (κ3) is 5.01. The molecule has 0 bridgehead atoms. The molecule has 2 amide bonds. The quantitative estimate of drug-likeness (QED) is 0.668. The number of alkyl halides is 3. The number of likely N-dealkylation sites (tertiary alicyclic amines) is 1. The molecule has 0 aliphatic carbocycles. The smallest absolute Gasteiger partial charge is 0.340 e. The van der Waals surface area contributed by atoms with Gasteiger partial charge in [0, 0.05) is 45.2 Å². The van der Waals surface area contributed by atoms with Crippen molar-refractivity contribution in [2.75, 3.05) is 46.3 Å². The number of hydrogen-bond donors (Lipinski definition) is 0. The predicted octanol–water partition coefficient (Wildman–Crippen LogP) is 3.99. The summed E-state index contributed by atoms with van der Waals surface area (Å²) in [6.07, 6.45) is -4.49. The Hall–Kier alpha value is -2.58. The van der Waals surface area contributed by atoms with Crippen LogP contribution in [0.4, 0.5) is 13.2 Å². The van der Waals surface area contributed by atoms with E-state index in [1.54, 1.807) is 35.2 Å². The van der Waals surface area contributed by atoms with Crippen molar-refractivity contribution in [3.63, 3.8) is 0 Å². The van der Waals surface area contributed by atoms with E-state index in [9.17, 15) is 22.8 Å². The maximum atomic E-state index is 13.5. The number of rotatable bonds is 3. The van der Waals surface area contributed by atoms with Crippen LogP contribution in [0.1, 0.15) is 27.4 Å². The molecular formula is C24H25ClF3N3O2. The zero-order valence-corrected chi connectivity index (χ0v) is 18.9. The van der Waals surface area contributed by atoms with Gasteiger partial charge in [-0.2, -0.15) is 13.2 Å². The van der Waals surface area contributed by atoms with Gasteiger partial charge in [0.2, 0.25) is 5.91 Å². The molecule has 2 saturated heterocycles. The van der Waals surface area contributed by atoms with Gasteiger partial charge in [-0.3, -0.25) is 9.59 Å². The third-order valence-corrected chi connectivity index (χ3v) is 6.82. The largest absolute Gasteiger partial charge is 0.416 e. The summed E-state index contributed by atoms with van der Waals surface area (Å²) in [5.74, 6) is -1.61. The Balaban J connectivity index is 1.65. The van der Waals surface area contributed by atoms with Crippen molar-refractivity contribution < 1.29 is 22.8 Å². The highest BCUT2D eigenvalue weighted by Crippen LogP contribution is 2.38. The lowest BCUT2D eigenvalue weighted by Crippen LogP contribution is -2.50. The van der Waals surface area contributed by atoms with Crippen molar-refractivity contribution in [3.05, 3.63) is 70.2 Å². The average Bonchev–Trinajstić information content (AvgIpc) is 3.24. The first kappa shape index (κ1) is 23.6. The first-order valence-corrected chi connectivity index (χ1v) is 11.2. The number of likely N-dealkylation sites (N-methyl/N-ethyl adjacent to an activating group) is 1. The first-order chi connectivity index (χ1) is 15.6. The van der Waals surface area contributed by atoms with Crippen LogP contribution in [0, 0.1) is 5.92 Å². The molecule has 0 spiro atoms. The second kappa shape index (κ2) is 9.35. The Bertz CT molecular complexity index is 1040. The first-order valence-electron chi connectivity index (χ1n) is 10.8. The Morgan fingerprint density at radius 1 is 0.939 bits per heavy atom. The lowest BCUT2D eigenvalue weighted by Gasteiger charge is -2.35. The molecule has 0 saturated carbocycles. The minimum absolute atomic E-state index is 0.125. The van der Waals surface area contributed by atoms with Gasteiger partial charge in [0.1, 0.15) is 0 Å². The number of benzene rings is 2. The highest BCUT2D eigenvalue weighted by molar-refractivity contribution is 6.33. The van der Waals surface area contributed by atoms with Gasteiger partial charge in [-0.1, -0.05) is 41.9 Å². The summed E-state index contributed by atoms with van der Waals surface area (Å²) in [5.41, 5.74) is -0.0388. The predicted molar refractivity (Wildman–Crippen MR) is 119 cm³/mol. The molecule has 2 aromatic carbocycles. The minimum Gasteiger partial charge on any atom is -0.340 e. The maximum Gasteiger partial charge on any atom is 0.416 e. The van der Waals surface area contributed by atoms with Crippen LogP contribution in [0.5, 0.6) is 0 Å². The van der Waals surface area contributed by atoms with Gasteiger partial charge < -0.3 is 14.7 Å². The van der Waals surface area contributed by atoms with E-state index in [2.05, 4.69) is 4.90 Å². The molecule has 2 aliphatic rings. The number of carbonyl (C=O) groups is 2. The van der Waals surface area contributed by atoms with Gasteiger partial charge in [-0.25, -0.2) is 0 Å². The molecule has 2 fully saturated rings. The molecule has 0 radical (unpaired) electrons. The molecule has 2 atom stereocenters. The Kier molecular flexibility index (Phi) is 6.68. The second-order valence-corrected chi connectivity index (χ2v) is 9.06. The number of piperazine rings is 1. The number of halogens is 4. The molecule has 176 valence electrons. The van der Waals surface area contributed by atoms with Crippen LogP contribution >= 0.6 is 11.6 Å². The van der Waals surface area contributed by atoms with E-state index in [-0.39, 0.29) is 24.9 Å².